The highest BCUT2D eigenvalue weighted by molar-refractivity contribution is 7.20. The lowest BCUT2D eigenvalue weighted by atomic mass is 9.84. The fraction of sp³-hybridized carbons (Fsp3) is 0.500. The molecule has 1 amide bonds. The molecule has 0 saturated carbocycles. The predicted octanol–water partition coefficient (Wildman–Crippen LogP) is 2.49. The van der Waals surface area contributed by atoms with E-state index in [0.29, 0.717) is 16.5 Å². The Kier molecular flexibility index (Phi) is 2.92. The summed E-state index contributed by atoms with van der Waals surface area (Å²) >= 11 is 7.00. The van der Waals surface area contributed by atoms with E-state index >= 15 is 0 Å². The molecule has 4 rings (SSSR count). The summed E-state index contributed by atoms with van der Waals surface area (Å²) in [7, 11) is 0. The van der Waals surface area contributed by atoms with Crippen LogP contribution in [-0.4, -0.2) is 24.9 Å². The largest absolute Gasteiger partial charge is 0.363 e. The zero-order valence-electron chi connectivity index (χ0n) is 9.70. The zero-order chi connectivity index (χ0) is 12.7. The topological polar surface area (TPSA) is 56.1 Å². The van der Waals surface area contributed by atoms with Crippen LogP contribution in [0.25, 0.3) is 0 Å². The van der Waals surface area contributed by atoms with Crippen LogP contribution in [0.4, 0.5) is 10.0 Å². The third-order valence-corrected chi connectivity index (χ3v) is 5.03. The van der Waals surface area contributed by atoms with E-state index in [1.165, 1.54) is 16.3 Å². The number of anilines is 2. The number of thiophene rings is 1. The Hall–Kier alpha value is -1.25. The summed E-state index contributed by atoms with van der Waals surface area (Å²) < 4.78 is 0. The number of rotatable bonds is 2. The van der Waals surface area contributed by atoms with Crippen LogP contribution < -0.4 is 10.2 Å². The first kappa shape index (κ1) is 11.8. The molecule has 0 spiro atoms. The first-order chi connectivity index (χ1) is 8.74. The summed E-state index contributed by atoms with van der Waals surface area (Å²) in [5.41, 5.74) is 1.78. The van der Waals surface area contributed by atoms with Gasteiger partial charge >= 0.3 is 0 Å². The van der Waals surface area contributed by atoms with Crippen LogP contribution in [0.3, 0.4) is 0 Å². The SMILES string of the molecule is N#Cc1c(NC(=O)CCl)sc2c1C1CCN2CC1. The second-order valence-corrected chi connectivity index (χ2v) is 5.85. The van der Waals surface area contributed by atoms with Gasteiger partial charge in [0.25, 0.3) is 0 Å². The standard InChI is InChI=1S/C12H12ClN3OS/c13-5-9(17)15-11-8(6-14)10-7-1-3-16(4-2-7)12(10)18-11/h7H,1-5H2,(H,15,17). The second kappa shape index (κ2) is 4.45. The van der Waals surface area contributed by atoms with Crippen molar-refractivity contribution in [2.45, 2.75) is 18.8 Å². The number of hydrogen-bond donors (Lipinski definition) is 1. The Morgan fingerprint density at radius 2 is 2.28 bits per heavy atom. The highest BCUT2D eigenvalue weighted by Crippen LogP contribution is 2.51. The van der Waals surface area contributed by atoms with Crippen LogP contribution in [0.2, 0.25) is 0 Å². The number of fused-ring (bicyclic) bond motifs is 2. The van der Waals surface area contributed by atoms with Gasteiger partial charge in [0.1, 0.15) is 17.0 Å². The molecule has 3 aliphatic heterocycles. The monoisotopic (exact) mass is 281 g/mol. The van der Waals surface area contributed by atoms with E-state index in [1.807, 2.05) is 0 Å². The maximum absolute atomic E-state index is 11.4. The number of nitrogens with one attached hydrogen (secondary N) is 1. The minimum absolute atomic E-state index is 0.0828. The maximum atomic E-state index is 11.4. The first-order valence-corrected chi connectivity index (χ1v) is 7.27. The summed E-state index contributed by atoms with van der Waals surface area (Å²) in [5.74, 6) is 0.146. The van der Waals surface area contributed by atoms with Crippen molar-refractivity contribution < 1.29 is 4.79 Å². The van der Waals surface area contributed by atoms with Crippen molar-refractivity contribution in [3.8, 4) is 6.07 Å². The Bertz CT molecular complexity index is 540. The van der Waals surface area contributed by atoms with Crippen LogP contribution in [-0.2, 0) is 4.79 Å². The van der Waals surface area contributed by atoms with Gasteiger partial charge in [-0.1, -0.05) is 11.3 Å². The second-order valence-electron chi connectivity index (χ2n) is 4.58. The molecule has 4 heterocycles. The molecule has 1 aromatic heterocycles. The maximum Gasteiger partial charge on any atom is 0.239 e. The van der Waals surface area contributed by atoms with Crippen molar-refractivity contribution in [2.75, 3.05) is 29.2 Å². The third-order valence-electron chi connectivity index (χ3n) is 3.60. The zero-order valence-corrected chi connectivity index (χ0v) is 11.3. The number of carbonyl (C=O) groups excluding carboxylic acids is 1. The van der Waals surface area contributed by atoms with Gasteiger partial charge in [-0.15, -0.1) is 11.6 Å². The van der Waals surface area contributed by atoms with E-state index in [0.717, 1.165) is 31.5 Å². The molecule has 94 valence electrons. The molecule has 1 aromatic rings. The number of carbonyl (C=O) groups is 1. The minimum Gasteiger partial charge on any atom is -0.363 e. The molecule has 1 saturated heterocycles. The summed E-state index contributed by atoms with van der Waals surface area (Å²) in [6.45, 7) is 2.12. The molecular weight excluding hydrogens is 270 g/mol. The molecule has 4 nitrogen and oxygen atoms in total. The normalized spacial score (nSPS) is 17.4. The number of nitriles is 1. The smallest absolute Gasteiger partial charge is 0.239 e. The lowest BCUT2D eigenvalue weighted by molar-refractivity contribution is -0.113. The van der Waals surface area contributed by atoms with Crippen LogP contribution >= 0.6 is 22.9 Å². The van der Waals surface area contributed by atoms with E-state index in [4.69, 9.17) is 11.6 Å². The molecule has 3 aliphatic rings. The number of piperidine rings is 1. The molecule has 1 fully saturated rings. The van der Waals surface area contributed by atoms with Crippen LogP contribution in [0.15, 0.2) is 0 Å². The van der Waals surface area contributed by atoms with Gasteiger partial charge in [-0.05, 0) is 18.8 Å². The molecule has 0 unspecified atom stereocenters. The van der Waals surface area contributed by atoms with E-state index in [9.17, 15) is 10.1 Å². The molecule has 0 aliphatic carbocycles. The van der Waals surface area contributed by atoms with Crippen molar-refractivity contribution in [3.63, 3.8) is 0 Å². The first-order valence-electron chi connectivity index (χ1n) is 5.92. The van der Waals surface area contributed by atoms with Crippen molar-refractivity contribution >= 4 is 38.8 Å². The van der Waals surface area contributed by atoms with Gasteiger partial charge in [-0.2, -0.15) is 5.26 Å². The van der Waals surface area contributed by atoms with Crippen molar-refractivity contribution in [2.24, 2.45) is 0 Å². The van der Waals surface area contributed by atoms with E-state index in [1.54, 1.807) is 0 Å². The number of amides is 1. The van der Waals surface area contributed by atoms with Gasteiger partial charge in [0.15, 0.2) is 0 Å². The molecule has 0 atom stereocenters. The molecule has 2 bridgehead atoms. The third kappa shape index (κ3) is 1.68. The fourth-order valence-corrected chi connectivity index (χ4v) is 4.15. The molecule has 1 N–H and O–H groups in total. The fourth-order valence-electron chi connectivity index (χ4n) is 2.78. The molecule has 18 heavy (non-hydrogen) atoms. The average Bonchev–Trinajstić information content (AvgIpc) is 2.79. The molecule has 6 heteroatoms. The number of hydrogen-bond acceptors (Lipinski definition) is 4. The number of nitrogens with zero attached hydrogens (tertiary/aromatic N) is 2. The number of alkyl halides is 1. The summed E-state index contributed by atoms with van der Waals surface area (Å²) in [4.78, 5) is 13.7. The lowest BCUT2D eigenvalue weighted by Crippen LogP contribution is -2.37. The number of halogens is 1. The van der Waals surface area contributed by atoms with Crippen molar-refractivity contribution in [1.82, 2.24) is 0 Å². The van der Waals surface area contributed by atoms with Gasteiger partial charge in [0.05, 0.1) is 10.6 Å². The highest BCUT2D eigenvalue weighted by atomic mass is 35.5. The average molecular weight is 282 g/mol. The van der Waals surface area contributed by atoms with E-state index in [-0.39, 0.29) is 11.8 Å². The van der Waals surface area contributed by atoms with Crippen LogP contribution in [0.1, 0.15) is 29.9 Å². The van der Waals surface area contributed by atoms with Gasteiger partial charge in [-0.25, -0.2) is 0 Å². The van der Waals surface area contributed by atoms with Gasteiger partial charge in [-0.3, -0.25) is 4.79 Å². The minimum atomic E-state index is -0.255. The quantitative estimate of drug-likeness (QED) is 0.848. The van der Waals surface area contributed by atoms with E-state index in [2.05, 4.69) is 16.3 Å². The van der Waals surface area contributed by atoms with E-state index < -0.39 is 0 Å². The molecular formula is C12H12ClN3OS. The molecule has 0 radical (unpaired) electrons. The predicted molar refractivity (Wildman–Crippen MR) is 72.6 cm³/mol. The summed E-state index contributed by atoms with van der Waals surface area (Å²) in [6, 6.07) is 2.24. The van der Waals surface area contributed by atoms with Crippen LogP contribution in [0, 0.1) is 11.3 Å². The summed E-state index contributed by atoms with van der Waals surface area (Å²) in [5, 5.41) is 13.9. The van der Waals surface area contributed by atoms with Gasteiger partial charge < -0.3 is 10.2 Å². The Morgan fingerprint density at radius 1 is 1.56 bits per heavy atom. The van der Waals surface area contributed by atoms with Crippen molar-refractivity contribution in [3.05, 3.63) is 11.1 Å². The Balaban J connectivity index is 2.05. The van der Waals surface area contributed by atoms with Gasteiger partial charge in [0, 0.05) is 18.7 Å². The molecule has 0 aromatic carbocycles. The van der Waals surface area contributed by atoms with Crippen molar-refractivity contribution in [1.29, 1.82) is 5.26 Å². The lowest BCUT2D eigenvalue weighted by Gasteiger charge is -2.39. The van der Waals surface area contributed by atoms with Gasteiger partial charge in [0.2, 0.25) is 5.91 Å². The highest BCUT2D eigenvalue weighted by Gasteiger charge is 2.36. The Morgan fingerprint density at radius 3 is 2.89 bits per heavy atom. The summed E-state index contributed by atoms with van der Waals surface area (Å²) in [6.07, 6.45) is 2.22. The Labute approximate surface area is 114 Å². The van der Waals surface area contributed by atoms with Crippen LogP contribution in [0.5, 0.6) is 0 Å².